The second kappa shape index (κ2) is 12.8. The minimum absolute atomic E-state index is 0.0502. The Bertz CT molecular complexity index is 1720. The molecule has 0 aromatic heterocycles. The molecule has 1 amide bonds. The van der Waals surface area contributed by atoms with Gasteiger partial charge in [-0.15, -0.1) is 0 Å². The summed E-state index contributed by atoms with van der Waals surface area (Å²) < 4.78 is 72.0. The summed E-state index contributed by atoms with van der Waals surface area (Å²) in [4.78, 5) is 13.7. The monoisotopic (exact) mass is 633 g/mol. The van der Waals surface area contributed by atoms with E-state index in [1.165, 1.54) is 36.4 Å². The molecule has 45 heavy (non-hydrogen) atoms. The van der Waals surface area contributed by atoms with Crippen LogP contribution in [0, 0.1) is 17.5 Å². The lowest BCUT2D eigenvalue weighted by Gasteiger charge is -2.42. The zero-order valence-corrected chi connectivity index (χ0v) is 25.4. The minimum Gasteiger partial charge on any atom is -0.326 e. The van der Waals surface area contributed by atoms with Crippen LogP contribution in [0.3, 0.4) is 0 Å². The highest BCUT2D eigenvalue weighted by molar-refractivity contribution is 7.89. The van der Waals surface area contributed by atoms with Crippen LogP contribution in [0.1, 0.15) is 48.3 Å². The number of halogens is 3. The van der Waals surface area contributed by atoms with Crippen molar-refractivity contribution < 1.29 is 26.4 Å². The smallest absolute Gasteiger partial charge is 0.243 e. The maximum Gasteiger partial charge on any atom is 0.243 e. The van der Waals surface area contributed by atoms with E-state index < -0.39 is 50.9 Å². The number of piperazine rings is 1. The number of rotatable bonds is 10. The molecule has 1 heterocycles. The van der Waals surface area contributed by atoms with Gasteiger partial charge in [0.25, 0.3) is 0 Å². The minimum atomic E-state index is -3.79. The quantitative estimate of drug-likeness (QED) is 0.212. The Hall–Kier alpha value is -3.99. The molecule has 0 bridgehead atoms. The Morgan fingerprint density at radius 2 is 1.49 bits per heavy atom. The number of carbonyl (C=O) groups is 1. The first-order valence-corrected chi connectivity index (χ1v) is 16.5. The molecule has 1 saturated heterocycles. The van der Waals surface area contributed by atoms with Crippen LogP contribution in [0.15, 0.2) is 102 Å². The summed E-state index contributed by atoms with van der Waals surface area (Å²) in [6, 6.07) is 24.0. The van der Waals surface area contributed by atoms with Crippen LogP contribution in [0.5, 0.6) is 0 Å². The van der Waals surface area contributed by atoms with E-state index in [1.54, 1.807) is 65.0 Å². The molecule has 4 aromatic rings. The summed E-state index contributed by atoms with van der Waals surface area (Å²) in [7, 11) is -3.79. The third-order valence-corrected chi connectivity index (χ3v) is 10.9. The van der Waals surface area contributed by atoms with Crippen molar-refractivity contribution in [1.82, 2.24) is 9.62 Å². The van der Waals surface area contributed by atoms with Crippen molar-refractivity contribution in [2.75, 3.05) is 18.4 Å². The highest BCUT2D eigenvalue weighted by Crippen LogP contribution is 2.47. The van der Waals surface area contributed by atoms with E-state index in [-0.39, 0.29) is 17.7 Å². The molecular weight excluding hydrogens is 599 g/mol. The number of nitrogens with one attached hydrogen (secondary N) is 2. The van der Waals surface area contributed by atoms with Gasteiger partial charge in [-0.2, -0.15) is 4.31 Å². The summed E-state index contributed by atoms with van der Waals surface area (Å²) in [5.41, 5.74) is 1.46. The fraction of sp³-hybridized carbons (Fsp3) is 0.286. The normalized spacial score (nSPS) is 17.8. The fourth-order valence-electron chi connectivity index (χ4n) is 6.38. The molecule has 1 aliphatic carbocycles. The van der Waals surface area contributed by atoms with Crippen molar-refractivity contribution in [2.24, 2.45) is 0 Å². The SMILES string of the molecule is O=C(CC(c1ccc(F)cc1)c1ccc(F)cc1)Nc1cccc(F)c1CC[C@H]1CNCC2(CC2)N1S(=O)(=O)c1ccccc1. The zero-order chi connectivity index (χ0) is 31.6. The number of hydrogen-bond donors (Lipinski definition) is 2. The first-order chi connectivity index (χ1) is 21.7. The van der Waals surface area contributed by atoms with Gasteiger partial charge < -0.3 is 10.6 Å². The van der Waals surface area contributed by atoms with Crippen LogP contribution in [-0.4, -0.2) is 43.3 Å². The van der Waals surface area contributed by atoms with Gasteiger partial charge in [0.2, 0.25) is 15.9 Å². The molecule has 2 aliphatic rings. The van der Waals surface area contributed by atoms with Crippen LogP contribution in [-0.2, 0) is 21.2 Å². The third-order valence-electron chi connectivity index (χ3n) is 8.82. The lowest BCUT2D eigenvalue weighted by atomic mass is 9.88. The second-order valence-electron chi connectivity index (χ2n) is 11.8. The molecule has 4 aromatic carbocycles. The molecular formula is C35H34F3N3O3S. The number of anilines is 1. The summed E-state index contributed by atoms with van der Waals surface area (Å²) in [5.74, 6) is -2.22. The van der Waals surface area contributed by atoms with E-state index in [4.69, 9.17) is 0 Å². The van der Waals surface area contributed by atoms with Crippen molar-refractivity contribution >= 4 is 21.6 Å². The topological polar surface area (TPSA) is 78.5 Å². The summed E-state index contributed by atoms with van der Waals surface area (Å²) >= 11 is 0. The van der Waals surface area contributed by atoms with Gasteiger partial charge in [0.05, 0.1) is 4.90 Å². The number of hydrogen-bond acceptors (Lipinski definition) is 4. The third kappa shape index (κ3) is 6.68. The Morgan fingerprint density at radius 3 is 2.09 bits per heavy atom. The average Bonchev–Trinajstić information content (AvgIpc) is 3.79. The van der Waals surface area contributed by atoms with E-state index in [9.17, 15) is 22.0 Å². The second-order valence-corrected chi connectivity index (χ2v) is 13.7. The summed E-state index contributed by atoms with van der Waals surface area (Å²) in [6.45, 7) is 1.00. The lowest BCUT2D eigenvalue weighted by molar-refractivity contribution is -0.116. The molecule has 1 aliphatic heterocycles. The van der Waals surface area contributed by atoms with Gasteiger partial charge in [-0.3, -0.25) is 4.79 Å². The van der Waals surface area contributed by atoms with Gasteiger partial charge in [0, 0.05) is 48.3 Å². The molecule has 6 nitrogen and oxygen atoms in total. The number of benzene rings is 4. The maximum absolute atomic E-state index is 15.3. The molecule has 0 radical (unpaired) electrons. The predicted molar refractivity (Wildman–Crippen MR) is 167 cm³/mol. The molecule has 1 spiro atoms. The standard InChI is InChI=1S/C35H34F3N3O3S/c36-26-13-9-24(10-14-26)31(25-11-15-27(37)16-12-25)21-34(42)40-33-8-4-7-32(38)30(33)18-17-28-22-39-23-35(19-20-35)41(28)45(43,44)29-5-2-1-3-6-29/h1-16,28,31,39H,17-23H2,(H,40,42)/t28-/m0/s1. The maximum atomic E-state index is 15.3. The van der Waals surface area contributed by atoms with E-state index in [0.29, 0.717) is 41.9 Å². The van der Waals surface area contributed by atoms with E-state index in [1.807, 2.05) is 0 Å². The van der Waals surface area contributed by atoms with Crippen LogP contribution in [0.4, 0.5) is 18.9 Å². The highest BCUT2D eigenvalue weighted by Gasteiger charge is 2.57. The van der Waals surface area contributed by atoms with Gasteiger partial charge >= 0.3 is 0 Å². The van der Waals surface area contributed by atoms with Crippen LogP contribution < -0.4 is 10.6 Å². The Balaban J connectivity index is 1.22. The number of amides is 1. The first-order valence-electron chi connectivity index (χ1n) is 15.0. The highest BCUT2D eigenvalue weighted by atomic mass is 32.2. The Morgan fingerprint density at radius 1 is 0.867 bits per heavy atom. The molecule has 0 unspecified atom stereocenters. The molecule has 10 heteroatoms. The number of carbonyl (C=O) groups excluding carboxylic acids is 1. The molecule has 1 saturated carbocycles. The van der Waals surface area contributed by atoms with Crippen molar-refractivity contribution in [3.8, 4) is 0 Å². The van der Waals surface area contributed by atoms with Gasteiger partial charge in [0.15, 0.2) is 0 Å². The molecule has 2 fully saturated rings. The van der Waals surface area contributed by atoms with Crippen LogP contribution in [0.25, 0.3) is 0 Å². The van der Waals surface area contributed by atoms with Gasteiger partial charge in [-0.1, -0.05) is 48.5 Å². The lowest BCUT2D eigenvalue weighted by Crippen LogP contribution is -2.61. The summed E-state index contributed by atoms with van der Waals surface area (Å²) in [6.07, 6.45) is 2.01. The fourth-order valence-corrected chi connectivity index (χ4v) is 8.44. The van der Waals surface area contributed by atoms with E-state index >= 15 is 4.39 Å². The van der Waals surface area contributed by atoms with Crippen LogP contribution in [0.2, 0.25) is 0 Å². The number of nitrogens with zero attached hydrogens (tertiary/aromatic N) is 1. The Labute approximate surface area is 261 Å². The molecule has 234 valence electrons. The van der Waals surface area contributed by atoms with Crippen molar-refractivity contribution in [2.45, 2.75) is 54.5 Å². The zero-order valence-electron chi connectivity index (χ0n) is 24.6. The van der Waals surface area contributed by atoms with Crippen molar-refractivity contribution in [3.63, 3.8) is 0 Å². The molecule has 6 rings (SSSR count). The number of sulfonamides is 1. The molecule has 2 N–H and O–H groups in total. The van der Waals surface area contributed by atoms with Gasteiger partial charge in [-0.05, 0) is 85.3 Å². The van der Waals surface area contributed by atoms with Crippen LogP contribution >= 0.6 is 0 Å². The average molecular weight is 634 g/mol. The van der Waals surface area contributed by atoms with Gasteiger partial charge in [0.1, 0.15) is 17.5 Å². The first kappa shape index (κ1) is 31.0. The Kier molecular flexibility index (Phi) is 8.81. The van der Waals surface area contributed by atoms with E-state index in [0.717, 1.165) is 12.8 Å². The van der Waals surface area contributed by atoms with Gasteiger partial charge in [-0.25, -0.2) is 21.6 Å². The molecule has 1 atom stereocenters. The van der Waals surface area contributed by atoms with E-state index in [2.05, 4.69) is 10.6 Å². The van der Waals surface area contributed by atoms with Crippen molar-refractivity contribution in [3.05, 3.63) is 131 Å². The largest absolute Gasteiger partial charge is 0.326 e. The van der Waals surface area contributed by atoms with Crippen molar-refractivity contribution in [1.29, 1.82) is 0 Å². The summed E-state index contributed by atoms with van der Waals surface area (Å²) in [5, 5.41) is 6.24. The predicted octanol–water partition coefficient (Wildman–Crippen LogP) is 6.39.